The number of amides is 3. The van der Waals surface area contributed by atoms with Gasteiger partial charge < -0.3 is 10.1 Å². The number of carbonyl (C=O) groups is 3. The van der Waals surface area contributed by atoms with E-state index in [4.69, 9.17) is 4.74 Å². The molecule has 1 N–H and O–H groups in total. The summed E-state index contributed by atoms with van der Waals surface area (Å²) in [5.41, 5.74) is 3.37. The van der Waals surface area contributed by atoms with Crippen molar-refractivity contribution in [2.45, 2.75) is 39.3 Å². The van der Waals surface area contributed by atoms with Crippen molar-refractivity contribution >= 4 is 23.6 Å². The van der Waals surface area contributed by atoms with Gasteiger partial charge in [0.1, 0.15) is 12.6 Å². The molecule has 1 fully saturated rings. The van der Waals surface area contributed by atoms with Gasteiger partial charge in [0.15, 0.2) is 0 Å². The van der Waals surface area contributed by atoms with Crippen LogP contribution in [0.5, 0.6) is 0 Å². The molecular formula is C21H22N2O4. The van der Waals surface area contributed by atoms with Gasteiger partial charge in [0.25, 0.3) is 0 Å². The zero-order valence-electron chi connectivity index (χ0n) is 15.4. The Morgan fingerprint density at radius 2 is 1.74 bits per heavy atom. The van der Waals surface area contributed by atoms with Crippen molar-refractivity contribution in [3.8, 4) is 0 Å². The highest BCUT2D eigenvalue weighted by Gasteiger charge is 2.41. The van der Waals surface area contributed by atoms with Gasteiger partial charge in [0.05, 0.1) is 0 Å². The summed E-state index contributed by atoms with van der Waals surface area (Å²) in [4.78, 5) is 38.3. The number of ether oxygens (including phenoxy) is 1. The number of carbonyl (C=O) groups excluding carboxylic acids is 3. The topological polar surface area (TPSA) is 75.7 Å². The Hall–Kier alpha value is -3.15. The van der Waals surface area contributed by atoms with E-state index < -0.39 is 18.0 Å². The third kappa shape index (κ3) is 4.16. The summed E-state index contributed by atoms with van der Waals surface area (Å²) < 4.78 is 5.25. The highest BCUT2D eigenvalue weighted by Crippen LogP contribution is 2.24. The molecule has 6 nitrogen and oxygen atoms in total. The highest BCUT2D eigenvalue weighted by molar-refractivity contribution is 6.05. The van der Waals surface area contributed by atoms with Crippen LogP contribution >= 0.6 is 0 Å². The van der Waals surface area contributed by atoms with Gasteiger partial charge in [0.2, 0.25) is 11.8 Å². The number of likely N-dealkylation sites (tertiary alicyclic amines) is 1. The molecule has 0 aliphatic carbocycles. The maximum atomic E-state index is 12.7. The van der Waals surface area contributed by atoms with E-state index in [0.29, 0.717) is 5.69 Å². The molecule has 2 aromatic carbocycles. The smallest absolute Gasteiger partial charge is 0.417 e. The number of nitrogens with zero attached hydrogens (tertiary/aromatic N) is 1. The number of hydrogen-bond acceptors (Lipinski definition) is 4. The molecule has 27 heavy (non-hydrogen) atoms. The SMILES string of the molecule is Cc1cccc(C)c1NC(=O)[C@@H]1CCC(=O)N1C(=O)OCc1ccccc1. The predicted molar refractivity (Wildman–Crippen MR) is 101 cm³/mol. The molecule has 140 valence electrons. The van der Waals surface area contributed by atoms with E-state index >= 15 is 0 Å². The molecule has 1 heterocycles. The molecule has 0 aromatic heterocycles. The Kier molecular flexibility index (Phi) is 5.54. The van der Waals surface area contributed by atoms with Crippen LogP contribution in [-0.4, -0.2) is 28.8 Å². The Bertz CT molecular complexity index is 843. The number of nitrogens with one attached hydrogen (secondary N) is 1. The van der Waals surface area contributed by atoms with Crippen LogP contribution in [0.4, 0.5) is 10.5 Å². The summed E-state index contributed by atoms with van der Waals surface area (Å²) in [6, 6.07) is 14.0. The first kappa shape index (κ1) is 18.6. The quantitative estimate of drug-likeness (QED) is 0.897. The average Bonchev–Trinajstić information content (AvgIpc) is 3.05. The first-order valence-corrected chi connectivity index (χ1v) is 8.87. The average molecular weight is 366 g/mol. The minimum absolute atomic E-state index is 0.0503. The minimum atomic E-state index is -0.861. The second-order valence-electron chi connectivity index (χ2n) is 6.61. The standard InChI is InChI=1S/C21H22N2O4/c1-14-7-6-8-15(2)19(14)22-20(25)17-11-12-18(24)23(17)21(26)27-13-16-9-4-3-5-10-16/h3-10,17H,11-13H2,1-2H3,(H,22,25)/t17-/m0/s1. The lowest BCUT2D eigenvalue weighted by atomic mass is 10.1. The lowest BCUT2D eigenvalue weighted by Crippen LogP contribution is -2.45. The van der Waals surface area contributed by atoms with Gasteiger partial charge in [-0.15, -0.1) is 0 Å². The summed E-state index contributed by atoms with van der Waals surface area (Å²) >= 11 is 0. The zero-order chi connectivity index (χ0) is 19.4. The summed E-state index contributed by atoms with van der Waals surface area (Å²) in [6.45, 7) is 3.84. The number of anilines is 1. The number of rotatable bonds is 4. The van der Waals surface area contributed by atoms with Gasteiger partial charge in [-0.1, -0.05) is 48.5 Å². The number of hydrogen-bond donors (Lipinski definition) is 1. The number of para-hydroxylation sites is 1. The molecule has 3 rings (SSSR count). The van der Waals surface area contributed by atoms with Crippen LogP contribution in [0, 0.1) is 13.8 Å². The third-order valence-corrected chi connectivity index (χ3v) is 4.65. The number of benzene rings is 2. The Balaban J connectivity index is 1.69. The highest BCUT2D eigenvalue weighted by atomic mass is 16.6. The Morgan fingerprint density at radius 1 is 1.07 bits per heavy atom. The van der Waals surface area contributed by atoms with Crippen LogP contribution in [0.2, 0.25) is 0 Å². The van der Waals surface area contributed by atoms with Gasteiger partial charge in [-0.2, -0.15) is 0 Å². The fourth-order valence-electron chi connectivity index (χ4n) is 3.17. The van der Waals surface area contributed by atoms with Crippen molar-refractivity contribution in [3.63, 3.8) is 0 Å². The molecule has 3 amide bonds. The molecule has 0 unspecified atom stereocenters. The van der Waals surface area contributed by atoms with Crippen LogP contribution in [-0.2, 0) is 20.9 Å². The van der Waals surface area contributed by atoms with Crippen LogP contribution < -0.4 is 5.32 Å². The first-order valence-electron chi connectivity index (χ1n) is 8.87. The molecule has 0 saturated carbocycles. The van der Waals surface area contributed by atoms with Crippen molar-refractivity contribution in [3.05, 3.63) is 65.2 Å². The summed E-state index contributed by atoms with van der Waals surface area (Å²) in [6.07, 6.45) is -0.357. The second kappa shape index (κ2) is 8.03. The molecule has 0 radical (unpaired) electrons. The Morgan fingerprint density at radius 3 is 2.41 bits per heavy atom. The van der Waals surface area contributed by atoms with Gasteiger partial charge >= 0.3 is 6.09 Å². The normalized spacial score (nSPS) is 16.3. The van der Waals surface area contributed by atoms with E-state index in [-0.39, 0.29) is 25.4 Å². The zero-order valence-corrected chi connectivity index (χ0v) is 15.4. The fraction of sp³-hybridized carbons (Fsp3) is 0.286. The van der Waals surface area contributed by atoms with Gasteiger partial charge in [-0.05, 0) is 37.0 Å². The molecule has 1 atom stereocenters. The van der Waals surface area contributed by atoms with Crippen molar-refractivity contribution < 1.29 is 19.1 Å². The summed E-state index contributed by atoms with van der Waals surface area (Å²) in [5.74, 6) is -0.773. The number of aryl methyl sites for hydroxylation is 2. The van der Waals surface area contributed by atoms with Gasteiger partial charge in [0, 0.05) is 12.1 Å². The molecule has 0 bridgehead atoms. The molecule has 1 saturated heterocycles. The maximum absolute atomic E-state index is 12.7. The maximum Gasteiger partial charge on any atom is 0.417 e. The van der Waals surface area contributed by atoms with Crippen molar-refractivity contribution in [1.29, 1.82) is 0 Å². The fourth-order valence-corrected chi connectivity index (χ4v) is 3.17. The van der Waals surface area contributed by atoms with Crippen LogP contribution in [0.25, 0.3) is 0 Å². The molecular weight excluding hydrogens is 344 g/mol. The van der Waals surface area contributed by atoms with Crippen molar-refractivity contribution in [2.24, 2.45) is 0 Å². The third-order valence-electron chi connectivity index (χ3n) is 4.65. The Labute approximate surface area is 158 Å². The molecule has 2 aromatic rings. The molecule has 1 aliphatic rings. The van der Waals surface area contributed by atoms with Crippen molar-refractivity contribution in [2.75, 3.05) is 5.32 Å². The van der Waals surface area contributed by atoms with E-state index in [1.807, 2.05) is 62.4 Å². The molecule has 0 spiro atoms. The lowest BCUT2D eigenvalue weighted by molar-refractivity contribution is -0.131. The van der Waals surface area contributed by atoms with Gasteiger partial charge in [-0.25, -0.2) is 9.69 Å². The number of imide groups is 1. The molecule has 6 heteroatoms. The largest absolute Gasteiger partial charge is 0.444 e. The first-order chi connectivity index (χ1) is 13.0. The van der Waals surface area contributed by atoms with Gasteiger partial charge in [-0.3, -0.25) is 9.59 Å². The van der Waals surface area contributed by atoms with E-state index in [2.05, 4.69) is 5.32 Å². The van der Waals surface area contributed by atoms with Crippen molar-refractivity contribution in [1.82, 2.24) is 4.90 Å². The molecule has 1 aliphatic heterocycles. The van der Waals surface area contributed by atoms with Crippen LogP contribution in [0.1, 0.15) is 29.5 Å². The van der Waals surface area contributed by atoms with Crippen LogP contribution in [0.3, 0.4) is 0 Å². The predicted octanol–water partition coefficient (Wildman–Crippen LogP) is 3.57. The minimum Gasteiger partial charge on any atom is -0.444 e. The van der Waals surface area contributed by atoms with E-state index in [0.717, 1.165) is 21.6 Å². The lowest BCUT2D eigenvalue weighted by Gasteiger charge is -2.22. The summed E-state index contributed by atoms with van der Waals surface area (Å²) in [5, 5.41) is 2.86. The van der Waals surface area contributed by atoms with Crippen LogP contribution in [0.15, 0.2) is 48.5 Å². The van der Waals surface area contributed by atoms with E-state index in [9.17, 15) is 14.4 Å². The monoisotopic (exact) mass is 366 g/mol. The summed E-state index contributed by atoms with van der Waals surface area (Å²) in [7, 11) is 0. The van der Waals surface area contributed by atoms with E-state index in [1.54, 1.807) is 0 Å². The second-order valence-corrected chi connectivity index (χ2v) is 6.61. The van der Waals surface area contributed by atoms with E-state index in [1.165, 1.54) is 0 Å².